The van der Waals surface area contributed by atoms with E-state index in [1.54, 1.807) is 18.5 Å². The lowest BCUT2D eigenvalue weighted by atomic mass is 10.2. The molecular formula is C11H17N5O2S. The van der Waals surface area contributed by atoms with Crippen LogP contribution in [0.2, 0.25) is 0 Å². The molecule has 0 fully saturated rings. The van der Waals surface area contributed by atoms with Gasteiger partial charge >= 0.3 is 0 Å². The van der Waals surface area contributed by atoms with Gasteiger partial charge in [-0.25, -0.2) is 9.71 Å². The number of rotatable bonds is 7. The number of hydrogen-bond acceptors (Lipinski definition) is 4. The number of nitrogens with one attached hydrogen (secondary N) is 3. The Morgan fingerprint density at radius 2 is 2.16 bits per heavy atom. The molecular weight excluding hydrogens is 266 g/mol. The Bertz CT molecular complexity index is 637. The molecule has 0 aliphatic rings. The Hall–Kier alpha value is -1.48. The van der Waals surface area contributed by atoms with Crippen molar-refractivity contribution in [3.63, 3.8) is 0 Å². The summed E-state index contributed by atoms with van der Waals surface area (Å²) in [5.74, 6) is 0. The lowest BCUT2D eigenvalue weighted by Gasteiger charge is -2.08. The zero-order chi connectivity index (χ0) is 13.7. The maximum absolute atomic E-state index is 11.7. The second-order valence-corrected chi connectivity index (χ2v) is 5.66. The summed E-state index contributed by atoms with van der Waals surface area (Å²) in [5, 5.41) is 0.909. The van der Waals surface area contributed by atoms with Gasteiger partial charge in [0.25, 0.3) is 10.2 Å². The first-order valence-corrected chi connectivity index (χ1v) is 7.46. The summed E-state index contributed by atoms with van der Waals surface area (Å²) in [4.78, 5) is 7.13. The maximum atomic E-state index is 11.7. The average molecular weight is 283 g/mol. The molecule has 0 aromatic carbocycles. The number of fused-ring (bicyclic) bond motifs is 1. The van der Waals surface area contributed by atoms with E-state index in [0.717, 1.165) is 16.6 Å². The highest BCUT2D eigenvalue weighted by Crippen LogP contribution is 2.14. The molecule has 2 aromatic rings. The van der Waals surface area contributed by atoms with Crippen molar-refractivity contribution in [2.24, 2.45) is 5.73 Å². The van der Waals surface area contributed by atoms with E-state index < -0.39 is 10.2 Å². The number of hydrogen-bond donors (Lipinski definition) is 4. The van der Waals surface area contributed by atoms with Gasteiger partial charge in [-0.1, -0.05) is 0 Å². The van der Waals surface area contributed by atoms with Gasteiger partial charge in [-0.2, -0.15) is 13.1 Å². The predicted molar refractivity (Wildman–Crippen MR) is 73.5 cm³/mol. The normalized spacial score (nSPS) is 12.1. The molecule has 2 aromatic heterocycles. The van der Waals surface area contributed by atoms with Gasteiger partial charge in [0.15, 0.2) is 0 Å². The van der Waals surface area contributed by atoms with Crippen LogP contribution in [-0.2, 0) is 16.8 Å². The molecule has 5 N–H and O–H groups in total. The van der Waals surface area contributed by atoms with Gasteiger partial charge in [0.1, 0.15) is 5.65 Å². The number of pyridine rings is 1. The van der Waals surface area contributed by atoms with Crippen molar-refractivity contribution in [1.82, 2.24) is 19.4 Å². The third kappa shape index (κ3) is 3.74. The monoisotopic (exact) mass is 283 g/mol. The third-order valence-corrected chi connectivity index (χ3v) is 3.78. The minimum Gasteiger partial charge on any atom is -0.346 e. The van der Waals surface area contributed by atoms with Gasteiger partial charge in [-0.3, -0.25) is 0 Å². The zero-order valence-corrected chi connectivity index (χ0v) is 11.2. The molecule has 2 rings (SSSR count). The number of nitrogens with zero attached hydrogens (tertiary/aromatic N) is 1. The molecule has 0 amide bonds. The van der Waals surface area contributed by atoms with Crippen LogP contribution < -0.4 is 15.2 Å². The van der Waals surface area contributed by atoms with E-state index in [-0.39, 0.29) is 6.54 Å². The van der Waals surface area contributed by atoms with Crippen LogP contribution in [0.3, 0.4) is 0 Å². The van der Waals surface area contributed by atoms with Crippen molar-refractivity contribution in [2.45, 2.75) is 13.0 Å². The molecule has 0 unspecified atom stereocenters. The van der Waals surface area contributed by atoms with E-state index >= 15 is 0 Å². The van der Waals surface area contributed by atoms with E-state index in [9.17, 15) is 8.42 Å². The summed E-state index contributed by atoms with van der Waals surface area (Å²) in [6, 6.07) is 3.66. The van der Waals surface area contributed by atoms with Gasteiger partial charge in [0.2, 0.25) is 0 Å². The van der Waals surface area contributed by atoms with Crippen LogP contribution >= 0.6 is 0 Å². The summed E-state index contributed by atoms with van der Waals surface area (Å²) in [5.41, 5.74) is 6.92. The minimum absolute atomic E-state index is 0.217. The molecule has 19 heavy (non-hydrogen) atoms. The minimum atomic E-state index is -3.49. The Kier molecular flexibility index (Phi) is 4.48. The molecule has 0 radical (unpaired) electrons. The fraction of sp³-hybridized carbons (Fsp3) is 0.364. The fourth-order valence-electron chi connectivity index (χ4n) is 1.70. The quantitative estimate of drug-likeness (QED) is 0.529. The highest BCUT2D eigenvalue weighted by atomic mass is 32.2. The first kappa shape index (κ1) is 13.9. The number of aromatic nitrogens is 2. The van der Waals surface area contributed by atoms with Gasteiger partial charge in [-0.05, 0) is 30.7 Å². The van der Waals surface area contributed by atoms with Crippen molar-refractivity contribution in [3.05, 3.63) is 30.1 Å². The SMILES string of the molecule is NCCCNS(=O)(=O)NCc1ccnc2[nH]ccc12. The zero-order valence-electron chi connectivity index (χ0n) is 10.4. The molecule has 2 heterocycles. The largest absolute Gasteiger partial charge is 0.346 e. The van der Waals surface area contributed by atoms with Gasteiger partial charge in [-0.15, -0.1) is 0 Å². The summed E-state index contributed by atoms with van der Waals surface area (Å²) in [6.45, 7) is 1.01. The second kappa shape index (κ2) is 6.11. The number of H-pyrrole nitrogens is 1. The lowest BCUT2D eigenvalue weighted by molar-refractivity contribution is 0.564. The van der Waals surface area contributed by atoms with Crippen LogP contribution in [0.25, 0.3) is 11.0 Å². The van der Waals surface area contributed by atoms with E-state index in [4.69, 9.17) is 5.73 Å². The molecule has 0 atom stereocenters. The van der Waals surface area contributed by atoms with Crippen LogP contribution in [0, 0.1) is 0 Å². The Morgan fingerprint density at radius 3 is 2.95 bits per heavy atom. The first-order valence-electron chi connectivity index (χ1n) is 5.97. The fourth-order valence-corrected chi connectivity index (χ4v) is 2.57. The van der Waals surface area contributed by atoms with Gasteiger partial charge in [0, 0.05) is 30.9 Å². The van der Waals surface area contributed by atoms with Crippen LogP contribution in [0.15, 0.2) is 24.5 Å². The molecule has 0 saturated carbocycles. The van der Waals surface area contributed by atoms with Crippen LogP contribution in [0.1, 0.15) is 12.0 Å². The predicted octanol–water partition coefficient (Wildman–Crippen LogP) is -0.164. The topological polar surface area (TPSA) is 113 Å². The van der Waals surface area contributed by atoms with Crippen molar-refractivity contribution < 1.29 is 8.42 Å². The highest BCUT2D eigenvalue weighted by molar-refractivity contribution is 7.87. The number of nitrogens with two attached hydrogens (primary N) is 1. The second-order valence-electron chi connectivity index (χ2n) is 4.07. The van der Waals surface area contributed by atoms with E-state index in [1.165, 1.54) is 0 Å². The Morgan fingerprint density at radius 1 is 1.32 bits per heavy atom. The van der Waals surface area contributed by atoms with Crippen molar-refractivity contribution in [2.75, 3.05) is 13.1 Å². The molecule has 104 valence electrons. The van der Waals surface area contributed by atoms with E-state index in [1.807, 2.05) is 6.07 Å². The van der Waals surface area contributed by atoms with Crippen LogP contribution in [-0.4, -0.2) is 31.5 Å². The summed E-state index contributed by atoms with van der Waals surface area (Å²) >= 11 is 0. The maximum Gasteiger partial charge on any atom is 0.277 e. The van der Waals surface area contributed by atoms with Crippen LogP contribution in [0.5, 0.6) is 0 Å². The molecule has 0 saturated heterocycles. The third-order valence-electron chi connectivity index (χ3n) is 2.68. The van der Waals surface area contributed by atoms with Crippen molar-refractivity contribution in [1.29, 1.82) is 0 Å². The van der Waals surface area contributed by atoms with Crippen molar-refractivity contribution >= 4 is 21.2 Å². The summed E-state index contributed by atoms with van der Waals surface area (Å²) < 4.78 is 28.3. The standard InChI is InChI=1S/C11H17N5O2S/c12-4-1-5-15-19(17,18)16-8-9-2-6-13-11-10(9)3-7-14-11/h2-3,6-7,15-16H,1,4-5,8,12H2,(H,13,14). The van der Waals surface area contributed by atoms with Crippen molar-refractivity contribution in [3.8, 4) is 0 Å². The average Bonchev–Trinajstić information content (AvgIpc) is 2.85. The molecule has 0 spiro atoms. The van der Waals surface area contributed by atoms with Crippen LogP contribution in [0.4, 0.5) is 0 Å². The summed E-state index contributed by atoms with van der Waals surface area (Å²) in [6.07, 6.45) is 4.03. The molecule has 0 aliphatic carbocycles. The van der Waals surface area contributed by atoms with E-state index in [0.29, 0.717) is 19.5 Å². The molecule has 8 heteroatoms. The van der Waals surface area contributed by atoms with Gasteiger partial charge in [0.05, 0.1) is 0 Å². The van der Waals surface area contributed by atoms with E-state index in [2.05, 4.69) is 19.4 Å². The molecule has 7 nitrogen and oxygen atoms in total. The molecule has 0 aliphatic heterocycles. The smallest absolute Gasteiger partial charge is 0.277 e. The number of aromatic amines is 1. The highest BCUT2D eigenvalue weighted by Gasteiger charge is 2.10. The molecule has 0 bridgehead atoms. The Balaban J connectivity index is 2.00. The van der Waals surface area contributed by atoms with Gasteiger partial charge < -0.3 is 10.7 Å². The summed E-state index contributed by atoms with van der Waals surface area (Å²) in [7, 11) is -3.49. The first-order chi connectivity index (χ1) is 9.12. The Labute approximate surface area is 111 Å². The lowest BCUT2D eigenvalue weighted by Crippen LogP contribution is -2.37.